The maximum absolute atomic E-state index is 12.2. The maximum Gasteiger partial charge on any atom is 0.309 e. The van der Waals surface area contributed by atoms with Gasteiger partial charge >= 0.3 is 5.97 Å². The van der Waals surface area contributed by atoms with Crippen LogP contribution in [-0.2, 0) is 16.0 Å². The highest BCUT2D eigenvalue weighted by atomic mass is 16.5. The summed E-state index contributed by atoms with van der Waals surface area (Å²) in [6, 6.07) is 17.6. The molecule has 162 valence electrons. The summed E-state index contributed by atoms with van der Waals surface area (Å²) in [7, 11) is 0. The summed E-state index contributed by atoms with van der Waals surface area (Å²) in [6.45, 7) is 4.45. The van der Waals surface area contributed by atoms with Crippen molar-refractivity contribution in [3.8, 4) is 11.1 Å². The highest BCUT2D eigenvalue weighted by Gasteiger charge is 2.34. The number of benzene rings is 2. The van der Waals surface area contributed by atoms with Crippen molar-refractivity contribution < 1.29 is 9.53 Å². The Labute approximate surface area is 183 Å². The minimum Gasteiger partial charge on any atom is -0.457 e. The zero-order chi connectivity index (χ0) is 21.2. The second kappa shape index (κ2) is 11.9. The minimum atomic E-state index is -0.0757. The van der Waals surface area contributed by atoms with Crippen LogP contribution in [0.3, 0.4) is 0 Å². The van der Waals surface area contributed by atoms with Crippen molar-refractivity contribution in [1.29, 1.82) is 0 Å². The van der Waals surface area contributed by atoms with Crippen molar-refractivity contribution in [2.75, 3.05) is 0 Å². The predicted molar refractivity (Wildman–Crippen MR) is 125 cm³/mol. The molecule has 30 heavy (non-hydrogen) atoms. The Bertz CT molecular complexity index is 760. The zero-order valence-electron chi connectivity index (χ0n) is 18.9. The standard InChI is InChI=1S/C28H38O2/c1-3-5-7-8-10-11-22-13-15-23(16-14-22)24-17-19-25(20-18-24)27-21-26(28(29)30-27)12-9-6-4-2/h13-20,26-27H,3-12,21H2,1-2H3. The molecule has 2 aromatic carbocycles. The average molecular weight is 407 g/mol. The number of hydrogen-bond donors (Lipinski definition) is 0. The molecular weight excluding hydrogens is 368 g/mol. The van der Waals surface area contributed by atoms with Crippen LogP contribution in [-0.4, -0.2) is 5.97 Å². The van der Waals surface area contributed by atoms with Gasteiger partial charge < -0.3 is 4.74 Å². The van der Waals surface area contributed by atoms with Gasteiger partial charge in [0.05, 0.1) is 5.92 Å². The van der Waals surface area contributed by atoms with Gasteiger partial charge in [0.15, 0.2) is 0 Å². The van der Waals surface area contributed by atoms with E-state index in [-0.39, 0.29) is 18.0 Å². The van der Waals surface area contributed by atoms with Gasteiger partial charge in [0.2, 0.25) is 0 Å². The van der Waals surface area contributed by atoms with E-state index < -0.39 is 0 Å². The van der Waals surface area contributed by atoms with E-state index in [9.17, 15) is 4.79 Å². The van der Waals surface area contributed by atoms with Gasteiger partial charge in [-0.2, -0.15) is 0 Å². The van der Waals surface area contributed by atoms with Gasteiger partial charge in [0, 0.05) is 6.42 Å². The van der Waals surface area contributed by atoms with Gasteiger partial charge in [-0.25, -0.2) is 0 Å². The van der Waals surface area contributed by atoms with E-state index in [1.807, 2.05) is 0 Å². The molecular formula is C28H38O2. The highest BCUT2D eigenvalue weighted by molar-refractivity contribution is 5.75. The predicted octanol–water partition coefficient (Wildman–Crippen LogP) is 8.05. The Kier molecular flexibility index (Phi) is 8.99. The Hall–Kier alpha value is -2.09. The van der Waals surface area contributed by atoms with E-state index in [2.05, 4.69) is 62.4 Å². The van der Waals surface area contributed by atoms with Crippen LogP contribution in [0.2, 0.25) is 0 Å². The molecule has 0 aliphatic carbocycles. The number of unbranched alkanes of at least 4 members (excludes halogenated alkanes) is 6. The SMILES string of the molecule is CCCCCCCc1ccc(-c2ccc(C3CC(CCCCC)C(=O)O3)cc2)cc1. The molecule has 0 radical (unpaired) electrons. The van der Waals surface area contributed by atoms with Crippen LogP contribution in [0.5, 0.6) is 0 Å². The fourth-order valence-electron chi connectivity index (χ4n) is 4.41. The third-order valence-corrected chi connectivity index (χ3v) is 6.39. The van der Waals surface area contributed by atoms with Gasteiger partial charge in [-0.1, -0.05) is 107 Å². The molecule has 1 aliphatic heterocycles. The number of hydrogen-bond acceptors (Lipinski definition) is 2. The first-order valence-electron chi connectivity index (χ1n) is 12.1. The van der Waals surface area contributed by atoms with Crippen molar-refractivity contribution in [2.24, 2.45) is 5.92 Å². The highest BCUT2D eigenvalue weighted by Crippen LogP contribution is 2.36. The second-order valence-corrected chi connectivity index (χ2v) is 8.84. The Morgan fingerprint density at radius 1 is 0.767 bits per heavy atom. The summed E-state index contributed by atoms with van der Waals surface area (Å²) in [5.41, 5.74) is 5.02. The van der Waals surface area contributed by atoms with Crippen molar-refractivity contribution in [3.05, 3.63) is 59.7 Å². The molecule has 2 heteroatoms. The Balaban J connectivity index is 1.52. The fraction of sp³-hybridized carbons (Fsp3) is 0.536. The van der Waals surface area contributed by atoms with E-state index in [0.717, 1.165) is 24.8 Å². The maximum atomic E-state index is 12.2. The molecule has 0 N–H and O–H groups in total. The third kappa shape index (κ3) is 6.45. The van der Waals surface area contributed by atoms with Crippen LogP contribution < -0.4 is 0 Å². The van der Waals surface area contributed by atoms with Gasteiger partial charge in [-0.3, -0.25) is 4.79 Å². The van der Waals surface area contributed by atoms with Crippen LogP contribution in [0.15, 0.2) is 48.5 Å². The smallest absolute Gasteiger partial charge is 0.309 e. The summed E-state index contributed by atoms with van der Waals surface area (Å²) in [6.07, 6.45) is 13.0. The van der Waals surface area contributed by atoms with Crippen LogP contribution in [0, 0.1) is 5.92 Å². The summed E-state index contributed by atoms with van der Waals surface area (Å²) in [5.74, 6) is 0.0706. The third-order valence-electron chi connectivity index (χ3n) is 6.39. The molecule has 1 fully saturated rings. The van der Waals surface area contributed by atoms with Crippen molar-refractivity contribution in [1.82, 2.24) is 0 Å². The van der Waals surface area contributed by atoms with Gasteiger partial charge in [-0.05, 0) is 41.5 Å². The number of carbonyl (C=O) groups is 1. The average Bonchev–Trinajstić information content (AvgIpc) is 3.15. The minimum absolute atomic E-state index is 0.00883. The van der Waals surface area contributed by atoms with E-state index in [0.29, 0.717) is 0 Å². The molecule has 2 unspecified atom stereocenters. The zero-order valence-corrected chi connectivity index (χ0v) is 18.9. The molecule has 2 atom stereocenters. The summed E-state index contributed by atoms with van der Waals surface area (Å²) in [5, 5.41) is 0. The lowest BCUT2D eigenvalue weighted by Gasteiger charge is -2.11. The van der Waals surface area contributed by atoms with Gasteiger partial charge in [0.25, 0.3) is 0 Å². The first-order valence-corrected chi connectivity index (χ1v) is 12.1. The molecule has 1 saturated heterocycles. The van der Waals surface area contributed by atoms with Gasteiger partial charge in [0.1, 0.15) is 6.10 Å². The van der Waals surface area contributed by atoms with E-state index in [4.69, 9.17) is 4.74 Å². The Morgan fingerprint density at radius 2 is 1.37 bits per heavy atom. The fourth-order valence-corrected chi connectivity index (χ4v) is 4.41. The van der Waals surface area contributed by atoms with Crippen LogP contribution in [0.4, 0.5) is 0 Å². The molecule has 2 nitrogen and oxygen atoms in total. The summed E-state index contributed by atoms with van der Waals surface area (Å²) >= 11 is 0. The lowest BCUT2D eigenvalue weighted by atomic mass is 9.94. The molecule has 0 amide bonds. The van der Waals surface area contributed by atoms with E-state index in [1.165, 1.54) is 68.1 Å². The van der Waals surface area contributed by atoms with Crippen LogP contribution >= 0.6 is 0 Å². The first-order chi connectivity index (χ1) is 14.7. The van der Waals surface area contributed by atoms with Crippen molar-refractivity contribution in [2.45, 2.75) is 90.6 Å². The van der Waals surface area contributed by atoms with Gasteiger partial charge in [-0.15, -0.1) is 0 Å². The van der Waals surface area contributed by atoms with Crippen molar-refractivity contribution in [3.63, 3.8) is 0 Å². The molecule has 0 saturated carbocycles. The normalized spacial score (nSPS) is 18.5. The second-order valence-electron chi connectivity index (χ2n) is 8.84. The monoisotopic (exact) mass is 406 g/mol. The number of esters is 1. The van der Waals surface area contributed by atoms with Crippen LogP contribution in [0.1, 0.15) is 95.3 Å². The van der Waals surface area contributed by atoms with E-state index >= 15 is 0 Å². The molecule has 3 rings (SSSR count). The molecule has 0 spiro atoms. The first kappa shape index (κ1) is 22.6. The Morgan fingerprint density at radius 3 is 2.03 bits per heavy atom. The van der Waals surface area contributed by atoms with Crippen LogP contribution in [0.25, 0.3) is 11.1 Å². The lowest BCUT2D eigenvalue weighted by molar-refractivity contribution is -0.144. The van der Waals surface area contributed by atoms with E-state index in [1.54, 1.807) is 0 Å². The summed E-state index contributed by atoms with van der Waals surface area (Å²) in [4.78, 5) is 12.2. The number of cyclic esters (lactones) is 1. The largest absolute Gasteiger partial charge is 0.457 e. The number of ether oxygens (including phenoxy) is 1. The number of rotatable bonds is 12. The number of aryl methyl sites for hydroxylation is 1. The summed E-state index contributed by atoms with van der Waals surface area (Å²) < 4.78 is 5.68. The topological polar surface area (TPSA) is 26.3 Å². The molecule has 1 heterocycles. The molecule has 1 aliphatic rings. The quantitative estimate of drug-likeness (QED) is 0.263. The molecule has 0 aromatic heterocycles. The number of carbonyl (C=O) groups excluding carboxylic acids is 1. The molecule has 0 bridgehead atoms. The lowest BCUT2D eigenvalue weighted by Crippen LogP contribution is -2.06. The molecule has 2 aromatic rings. The van der Waals surface area contributed by atoms with Crippen molar-refractivity contribution >= 4 is 5.97 Å².